The highest BCUT2D eigenvalue weighted by Crippen LogP contribution is 2.40. The Balaban J connectivity index is 1.50. The van der Waals surface area contributed by atoms with Gasteiger partial charge >= 0.3 is 11.9 Å². The molecule has 1 aromatic heterocycles. The summed E-state index contributed by atoms with van der Waals surface area (Å²) in [6, 6.07) is 0.909. The van der Waals surface area contributed by atoms with Crippen LogP contribution in [0.1, 0.15) is 29.9 Å². The highest BCUT2D eigenvalue weighted by molar-refractivity contribution is 8.00. The highest BCUT2D eigenvalue weighted by Gasteiger charge is 2.54. The van der Waals surface area contributed by atoms with Crippen LogP contribution in [0.4, 0.5) is 5.13 Å². The molecular weight excluding hydrogens is 632 g/mol. The number of aromatic nitrogens is 1. The van der Waals surface area contributed by atoms with E-state index in [9.17, 15) is 44.4 Å². The molecule has 0 radical (unpaired) electrons. The lowest BCUT2D eigenvalue weighted by atomic mass is 10.0. The van der Waals surface area contributed by atoms with Crippen LogP contribution in [0.5, 0.6) is 11.5 Å². The first-order valence-electron chi connectivity index (χ1n) is 12.0. The topological polar surface area (TPSA) is 254 Å². The fraction of sp³-hybridized carbons (Fsp3) is 0.292. The average molecular weight is 655 g/mol. The van der Waals surface area contributed by atoms with Crippen LogP contribution in [0, 0.1) is 0 Å². The molecule has 228 valence electrons. The second-order valence-corrected chi connectivity index (χ2v) is 11.9. The standard InChI is InChI=1S/C24H23ClN6O10S2/c1-24(2,22(39)40)41-30-13(11-7-43-23(26)28-11)18(35)29-14-19(36)31-15(21(37)38)9(6-42-20(14)31)5-27-17(34)8-3-10(25)16(33)12(32)4-8/h3-4,7,14,20,32-33H,5-6H2,1-2H3,(H2,26,28)(H,27,34)(H,29,35)(H,37,38)(H,39,40)/b30-13-/t14-,20-/m1/s1. The van der Waals surface area contributed by atoms with Gasteiger partial charge in [0.1, 0.15) is 22.8 Å². The van der Waals surface area contributed by atoms with Crippen molar-refractivity contribution >= 4 is 75.2 Å². The van der Waals surface area contributed by atoms with Crippen LogP contribution in [0.2, 0.25) is 5.02 Å². The predicted molar refractivity (Wildman–Crippen MR) is 153 cm³/mol. The fourth-order valence-corrected chi connectivity index (χ4v) is 5.94. The lowest BCUT2D eigenvalue weighted by molar-refractivity contribution is -0.161. The third-order valence-electron chi connectivity index (χ3n) is 6.16. The Bertz CT molecular complexity index is 1580. The Morgan fingerprint density at radius 3 is 2.53 bits per heavy atom. The van der Waals surface area contributed by atoms with Crippen LogP contribution in [-0.2, 0) is 24.0 Å². The highest BCUT2D eigenvalue weighted by atomic mass is 35.5. The molecule has 0 bridgehead atoms. The molecule has 19 heteroatoms. The number of nitrogens with two attached hydrogens (primary N) is 1. The van der Waals surface area contributed by atoms with Crippen LogP contribution in [0.15, 0.2) is 33.9 Å². The van der Waals surface area contributed by atoms with E-state index >= 15 is 0 Å². The SMILES string of the molecule is CC(C)(O/N=C(\C(=O)N[C@@H]1C(=O)N2C(C(=O)O)=C(CNC(=O)c3cc(O)c(O)c(Cl)c3)CS[C@H]12)c1csc(N)n1)C(=O)O. The summed E-state index contributed by atoms with van der Waals surface area (Å²) in [5.74, 6) is -6.40. The minimum atomic E-state index is -1.81. The third kappa shape index (κ3) is 6.30. The Labute approximate surface area is 255 Å². The molecule has 8 N–H and O–H groups in total. The molecule has 2 aromatic rings. The van der Waals surface area contributed by atoms with Crippen molar-refractivity contribution in [2.75, 3.05) is 18.0 Å². The number of aromatic hydroxyl groups is 2. The molecule has 2 aliphatic heterocycles. The molecule has 3 amide bonds. The van der Waals surface area contributed by atoms with E-state index in [0.717, 1.165) is 40.1 Å². The van der Waals surface area contributed by atoms with Crippen LogP contribution in [0.25, 0.3) is 0 Å². The van der Waals surface area contributed by atoms with Gasteiger partial charge in [-0.25, -0.2) is 14.6 Å². The summed E-state index contributed by atoms with van der Waals surface area (Å²) in [6.07, 6.45) is 0. The first-order chi connectivity index (χ1) is 20.1. The minimum Gasteiger partial charge on any atom is -0.504 e. The molecule has 0 aliphatic carbocycles. The van der Waals surface area contributed by atoms with Crippen molar-refractivity contribution in [1.82, 2.24) is 20.5 Å². The molecule has 0 unspecified atom stereocenters. The number of carboxylic acid groups (broad SMARTS) is 2. The number of rotatable bonds is 10. The summed E-state index contributed by atoms with van der Waals surface area (Å²) in [4.78, 5) is 72.4. The fourth-order valence-electron chi connectivity index (χ4n) is 3.83. The van der Waals surface area contributed by atoms with Gasteiger partial charge < -0.3 is 41.6 Å². The van der Waals surface area contributed by atoms with Gasteiger partial charge in [0.25, 0.3) is 17.7 Å². The molecule has 1 saturated heterocycles. The average Bonchev–Trinajstić information content (AvgIpc) is 3.37. The number of benzene rings is 1. The van der Waals surface area contributed by atoms with Gasteiger partial charge in [0.05, 0.1) is 5.02 Å². The Kier molecular flexibility index (Phi) is 8.74. The van der Waals surface area contributed by atoms with Crippen molar-refractivity contribution in [3.63, 3.8) is 0 Å². The largest absolute Gasteiger partial charge is 0.504 e. The number of carbonyl (C=O) groups excluding carboxylic acids is 3. The zero-order valence-corrected chi connectivity index (χ0v) is 24.5. The van der Waals surface area contributed by atoms with Crippen molar-refractivity contribution < 1.29 is 49.2 Å². The molecule has 4 rings (SSSR count). The van der Waals surface area contributed by atoms with Gasteiger partial charge in [0.15, 0.2) is 22.3 Å². The van der Waals surface area contributed by atoms with E-state index in [1.54, 1.807) is 0 Å². The van der Waals surface area contributed by atoms with Crippen molar-refractivity contribution in [3.8, 4) is 11.5 Å². The number of fused-ring (bicyclic) bond motifs is 1. The maximum Gasteiger partial charge on any atom is 0.352 e. The first-order valence-corrected chi connectivity index (χ1v) is 14.3. The molecule has 16 nitrogen and oxygen atoms in total. The van der Waals surface area contributed by atoms with Crippen molar-refractivity contribution in [3.05, 3.63) is 45.1 Å². The van der Waals surface area contributed by atoms with Crippen LogP contribution in [0.3, 0.4) is 0 Å². The smallest absolute Gasteiger partial charge is 0.352 e. The van der Waals surface area contributed by atoms with E-state index in [-0.39, 0.29) is 45.0 Å². The van der Waals surface area contributed by atoms with Gasteiger partial charge in [-0.1, -0.05) is 16.8 Å². The minimum absolute atomic E-state index is 0.0338. The normalized spacial score (nSPS) is 18.4. The van der Waals surface area contributed by atoms with Gasteiger partial charge in [-0.2, -0.15) is 0 Å². The second-order valence-electron chi connectivity index (χ2n) is 9.54. The third-order valence-corrected chi connectivity index (χ3v) is 8.47. The molecule has 0 spiro atoms. The number of aliphatic carboxylic acids is 2. The number of carbonyl (C=O) groups is 5. The number of carboxylic acids is 2. The number of halogens is 1. The number of nitrogens with zero attached hydrogens (tertiary/aromatic N) is 3. The zero-order valence-electron chi connectivity index (χ0n) is 22.2. The summed E-state index contributed by atoms with van der Waals surface area (Å²) in [7, 11) is 0. The number of oxime groups is 1. The number of phenolic OH excluding ortho intramolecular Hbond substituents is 2. The number of nitrogens with one attached hydrogen (secondary N) is 2. The Hall–Kier alpha value is -4.55. The molecule has 2 atom stereocenters. The number of nitrogen functional groups attached to an aromatic ring is 1. The van der Waals surface area contributed by atoms with Crippen molar-refractivity contribution in [1.29, 1.82) is 0 Å². The summed E-state index contributed by atoms with van der Waals surface area (Å²) < 4.78 is 0. The van der Waals surface area contributed by atoms with Crippen LogP contribution in [-0.4, -0.2) is 95.0 Å². The second kappa shape index (κ2) is 12.0. The van der Waals surface area contributed by atoms with E-state index in [2.05, 4.69) is 20.8 Å². The quantitative estimate of drug-likeness (QED) is 0.0800. The van der Waals surface area contributed by atoms with Gasteiger partial charge in [-0.15, -0.1) is 23.1 Å². The molecule has 1 fully saturated rings. The Morgan fingerprint density at radius 1 is 1.26 bits per heavy atom. The molecule has 2 aliphatic rings. The first kappa shape index (κ1) is 31.4. The van der Waals surface area contributed by atoms with E-state index in [1.807, 2.05) is 0 Å². The predicted octanol–water partition coefficient (Wildman–Crippen LogP) is 0.542. The number of β-lactam (4-membered cyclic amide) rings is 1. The van der Waals surface area contributed by atoms with Gasteiger partial charge in [-0.3, -0.25) is 19.3 Å². The lowest BCUT2D eigenvalue weighted by Crippen LogP contribution is -2.71. The maximum absolute atomic E-state index is 13.2. The maximum atomic E-state index is 13.2. The lowest BCUT2D eigenvalue weighted by Gasteiger charge is -2.49. The monoisotopic (exact) mass is 654 g/mol. The molecule has 1 aromatic carbocycles. The van der Waals surface area contributed by atoms with Crippen LogP contribution >= 0.6 is 34.7 Å². The number of amides is 3. The number of thioether (sulfide) groups is 1. The number of anilines is 1. The van der Waals surface area contributed by atoms with E-state index < -0.39 is 63.9 Å². The van der Waals surface area contributed by atoms with E-state index in [4.69, 9.17) is 22.2 Å². The summed E-state index contributed by atoms with van der Waals surface area (Å²) in [6.45, 7) is 2.14. The van der Waals surface area contributed by atoms with Gasteiger partial charge in [0, 0.05) is 23.2 Å². The molecule has 0 saturated carbocycles. The van der Waals surface area contributed by atoms with Crippen molar-refractivity contribution in [2.24, 2.45) is 5.16 Å². The van der Waals surface area contributed by atoms with Gasteiger partial charge in [0.2, 0.25) is 5.60 Å². The number of thiazole rings is 1. The number of hydrogen-bond acceptors (Lipinski definition) is 13. The summed E-state index contributed by atoms with van der Waals surface area (Å²) >= 11 is 7.90. The summed E-state index contributed by atoms with van der Waals surface area (Å²) in [5, 5.41) is 47.5. The number of phenols is 2. The van der Waals surface area contributed by atoms with E-state index in [1.165, 1.54) is 19.2 Å². The summed E-state index contributed by atoms with van der Waals surface area (Å²) in [5.41, 5.74) is 3.08. The number of hydrogen-bond donors (Lipinski definition) is 7. The van der Waals surface area contributed by atoms with E-state index in [0.29, 0.717) is 0 Å². The zero-order chi connectivity index (χ0) is 31.8. The molecule has 3 heterocycles. The van der Waals surface area contributed by atoms with Gasteiger partial charge in [-0.05, 0) is 31.6 Å². The van der Waals surface area contributed by atoms with Crippen LogP contribution < -0.4 is 16.4 Å². The molecule has 43 heavy (non-hydrogen) atoms. The molecular formula is C24H23ClN6O10S2. The Morgan fingerprint density at radius 2 is 1.95 bits per heavy atom. The van der Waals surface area contributed by atoms with Crippen molar-refractivity contribution in [2.45, 2.75) is 30.9 Å².